The Morgan fingerprint density at radius 2 is 2.38 bits per heavy atom. The predicted octanol–water partition coefficient (Wildman–Crippen LogP) is 1.18. The van der Waals surface area contributed by atoms with Gasteiger partial charge in [0.25, 0.3) is 0 Å². The highest BCUT2D eigenvalue weighted by molar-refractivity contribution is 6.02. The molecule has 26 heavy (non-hydrogen) atoms. The number of carbonyl (C=O) groups is 2. The Balaban J connectivity index is 1.40. The molecule has 5 rings (SSSR count). The number of carbonyl (C=O) groups excluding carboxylic acids is 2. The van der Waals surface area contributed by atoms with Crippen LogP contribution in [0.1, 0.15) is 11.5 Å². The van der Waals surface area contributed by atoms with E-state index in [4.69, 9.17) is 13.7 Å². The van der Waals surface area contributed by atoms with Crippen molar-refractivity contribution in [3.05, 3.63) is 48.1 Å². The third-order valence-corrected chi connectivity index (χ3v) is 5.31. The number of furan rings is 1. The predicted molar refractivity (Wildman–Crippen MR) is 87.9 cm³/mol. The number of rotatable bonds is 4. The first-order valence-electron chi connectivity index (χ1n) is 8.49. The van der Waals surface area contributed by atoms with Gasteiger partial charge in [0.15, 0.2) is 5.82 Å². The molecular formula is C18H17N3O5. The normalized spacial score (nSPS) is 31.7. The van der Waals surface area contributed by atoms with E-state index in [1.807, 2.05) is 12.2 Å². The van der Waals surface area contributed by atoms with Crippen LogP contribution in [0.25, 0.3) is 0 Å². The van der Waals surface area contributed by atoms with Crippen LogP contribution in [0.4, 0.5) is 5.82 Å². The smallest absolute Gasteiger partial charge is 0.235 e. The van der Waals surface area contributed by atoms with E-state index >= 15 is 0 Å². The Bertz CT molecular complexity index is 902. The first kappa shape index (κ1) is 15.4. The molecule has 0 unspecified atom stereocenters. The molecule has 5 heterocycles. The van der Waals surface area contributed by atoms with Crippen LogP contribution < -0.4 is 10.2 Å². The van der Waals surface area contributed by atoms with Crippen LogP contribution in [-0.2, 0) is 20.9 Å². The fourth-order valence-corrected chi connectivity index (χ4v) is 4.18. The molecule has 2 aromatic heterocycles. The summed E-state index contributed by atoms with van der Waals surface area (Å²) in [5.41, 5.74) is -0.776. The molecular weight excluding hydrogens is 338 g/mol. The minimum atomic E-state index is -0.776. The van der Waals surface area contributed by atoms with Gasteiger partial charge in [-0.25, -0.2) is 0 Å². The zero-order valence-electron chi connectivity index (χ0n) is 14.0. The lowest BCUT2D eigenvalue weighted by Gasteiger charge is -2.23. The largest absolute Gasteiger partial charge is 0.467 e. The number of aromatic nitrogens is 1. The van der Waals surface area contributed by atoms with Gasteiger partial charge < -0.3 is 19.0 Å². The van der Waals surface area contributed by atoms with Gasteiger partial charge in [0.2, 0.25) is 11.8 Å². The standard InChI is InChI=1S/C18H17N3O5/c1-10-7-13(20-26-10)21-9-18-5-4-12(25-18)14(15(18)17(21)23)16(22)19-8-11-3-2-6-24-11/h2-7,12,14-15H,8-9H2,1H3,(H,19,22)/t12-,14+,15+,18-/m1/s1. The zero-order valence-corrected chi connectivity index (χ0v) is 14.0. The summed E-state index contributed by atoms with van der Waals surface area (Å²) in [7, 11) is 0. The van der Waals surface area contributed by atoms with Gasteiger partial charge in [0, 0.05) is 6.07 Å². The molecule has 4 atom stereocenters. The zero-order chi connectivity index (χ0) is 17.9. The number of fused-ring (bicyclic) bond motifs is 1. The summed E-state index contributed by atoms with van der Waals surface area (Å²) in [6.07, 6.45) is 4.95. The summed E-state index contributed by atoms with van der Waals surface area (Å²) in [5.74, 6) is 0.219. The second-order valence-electron chi connectivity index (χ2n) is 6.92. The second kappa shape index (κ2) is 5.31. The lowest BCUT2D eigenvalue weighted by atomic mass is 9.77. The molecule has 2 amide bonds. The highest BCUT2D eigenvalue weighted by Gasteiger charge is 2.67. The van der Waals surface area contributed by atoms with E-state index in [-0.39, 0.29) is 24.5 Å². The lowest BCUT2D eigenvalue weighted by molar-refractivity contribution is -0.132. The molecule has 2 bridgehead atoms. The number of nitrogens with zero attached hydrogens (tertiary/aromatic N) is 2. The van der Waals surface area contributed by atoms with Gasteiger partial charge in [-0.3, -0.25) is 14.5 Å². The van der Waals surface area contributed by atoms with Crippen LogP contribution in [0.5, 0.6) is 0 Å². The van der Waals surface area contributed by atoms with Crippen molar-refractivity contribution >= 4 is 17.6 Å². The molecule has 1 spiro atoms. The number of anilines is 1. The Labute approximate surface area is 148 Å². The molecule has 8 heteroatoms. The summed E-state index contributed by atoms with van der Waals surface area (Å²) in [5, 5.41) is 6.78. The van der Waals surface area contributed by atoms with Crippen molar-refractivity contribution < 1.29 is 23.3 Å². The van der Waals surface area contributed by atoms with Gasteiger partial charge >= 0.3 is 0 Å². The van der Waals surface area contributed by atoms with E-state index in [9.17, 15) is 9.59 Å². The van der Waals surface area contributed by atoms with Crippen LogP contribution in [0.2, 0.25) is 0 Å². The van der Waals surface area contributed by atoms with E-state index in [0.29, 0.717) is 23.9 Å². The van der Waals surface area contributed by atoms with Crippen LogP contribution in [0.3, 0.4) is 0 Å². The Kier molecular flexibility index (Phi) is 3.14. The SMILES string of the molecule is Cc1cc(N2C[C@@]34C=C[C@@H](O3)[C@H](C(=O)NCc3ccco3)[C@H]4C2=O)no1. The van der Waals surface area contributed by atoms with Crippen molar-refractivity contribution in [3.63, 3.8) is 0 Å². The monoisotopic (exact) mass is 355 g/mol. The molecule has 3 aliphatic heterocycles. The number of hydrogen-bond donors (Lipinski definition) is 1. The van der Waals surface area contributed by atoms with Crippen molar-refractivity contribution in [3.8, 4) is 0 Å². The van der Waals surface area contributed by atoms with Crippen molar-refractivity contribution in [2.75, 3.05) is 11.4 Å². The van der Waals surface area contributed by atoms with Crippen LogP contribution >= 0.6 is 0 Å². The average molecular weight is 355 g/mol. The molecule has 2 aromatic rings. The van der Waals surface area contributed by atoms with Gasteiger partial charge in [-0.2, -0.15) is 0 Å². The van der Waals surface area contributed by atoms with Gasteiger partial charge in [-0.05, 0) is 19.1 Å². The molecule has 0 saturated carbocycles. The lowest BCUT2D eigenvalue weighted by Crippen LogP contribution is -2.43. The molecule has 0 aromatic carbocycles. The summed E-state index contributed by atoms with van der Waals surface area (Å²) in [4.78, 5) is 27.4. The Morgan fingerprint density at radius 1 is 1.50 bits per heavy atom. The number of hydrogen-bond acceptors (Lipinski definition) is 6. The summed E-state index contributed by atoms with van der Waals surface area (Å²) in [6.45, 7) is 2.37. The van der Waals surface area contributed by atoms with Crippen molar-refractivity contribution in [1.29, 1.82) is 0 Å². The van der Waals surface area contributed by atoms with Crippen LogP contribution in [0.15, 0.2) is 45.6 Å². The first-order chi connectivity index (χ1) is 12.6. The van der Waals surface area contributed by atoms with Gasteiger partial charge in [0.05, 0.1) is 37.3 Å². The molecule has 134 valence electrons. The van der Waals surface area contributed by atoms with Crippen LogP contribution in [0, 0.1) is 18.8 Å². The Morgan fingerprint density at radius 3 is 3.12 bits per heavy atom. The third-order valence-electron chi connectivity index (χ3n) is 5.31. The van der Waals surface area contributed by atoms with Gasteiger partial charge in [-0.15, -0.1) is 0 Å². The molecule has 2 fully saturated rings. The van der Waals surface area contributed by atoms with E-state index < -0.39 is 17.4 Å². The summed E-state index contributed by atoms with van der Waals surface area (Å²) < 4.78 is 16.4. The number of aryl methyl sites for hydroxylation is 1. The maximum Gasteiger partial charge on any atom is 0.235 e. The van der Waals surface area contributed by atoms with Crippen molar-refractivity contribution in [2.24, 2.45) is 11.8 Å². The maximum atomic E-state index is 13.1. The third kappa shape index (κ3) is 2.08. The van der Waals surface area contributed by atoms with E-state index in [2.05, 4.69) is 10.5 Å². The fraction of sp³-hybridized carbons (Fsp3) is 0.389. The highest BCUT2D eigenvalue weighted by Crippen LogP contribution is 2.52. The van der Waals surface area contributed by atoms with E-state index in [0.717, 1.165) is 0 Å². The Hall–Kier alpha value is -2.87. The highest BCUT2D eigenvalue weighted by atomic mass is 16.5. The summed E-state index contributed by atoms with van der Waals surface area (Å²) in [6, 6.07) is 5.25. The first-order valence-corrected chi connectivity index (χ1v) is 8.49. The topological polar surface area (TPSA) is 97.8 Å². The fourth-order valence-electron chi connectivity index (χ4n) is 4.18. The van der Waals surface area contributed by atoms with Gasteiger partial charge in [0.1, 0.15) is 17.1 Å². The number of ether oxygens (including phenoxy) is 1. The molecule has 8 nitrogen and oxygen atoms in total. The van der Waals surface area contributed by atoms with E-state index in [1.165, 1.54) is 0 Å². The summed E-state index contributed by atoms with van der Waals surface area (Å²) >= 11 is 0. The van der Waals surface area contributed by atoms with E-state index in [1.54, 1.807) is 36.3 Å². The van der Waals surface area contributed by atoms with Gasteiger partial charge in [-0.1, -0.05) is 17.3 Å². The molecule has 1 N–H and O–H groups in total. The molecule has 0 radical (unpaired) electrons. The number of nitrogens with one attached hydrogen (secondary N) is 1. The minimum absolute atomic E-state index is 0.164. The second-order valence-corrected chi connectivity index (χ2v) is 6.92. The van der Waals surface area contributed by atoms with Crippen molar-refractivity contribution in [1.82, 2.24) is 10.5 Å². The molecule has 3 aliphatic rings. The van der Waals surface area contributed by atoms with Crippen LogP contribution in [-0.4, -0.2) is 35.2 Å². The molecule has 0 aliphatic carbocycles. The quantitative estimate of drug-likeness (QED) is 0.827. The average Bonchev–Trinajstić information content (AvgIpc) is 3.41. The molecule has 2 saturated heterocycles. The minimum Gasteiger partial charge on any atom is -0.467 e. The number of amides is 2. The van der Waals surface area contributed by atoms with Crippen molar-refractivity contribution in [2.45, 2.75) is 25.2 Å². The maximum absolute atomic E-state index is 13.1.